The van der Waals surface area contributed by atoms with Gasteiger partial charge in [-0.1, -0.05) is 18.2 Å². The average molecular weight is 274 g/mol. The van der Waals surface area contributed by atoms with E-state index in [0.717, 1.165) is 31.4 Å². The highest BCUT2D eigenvalue weighted by Gasteiger charge is 2.24. The van der Waals surface area contributed by atoms with E-state index in [1.807, 2.05) is 12.1 Å². The molecule has 0 N–H and O–H groups in total. The third-order valence-corrected chi connectivity index (χ3v) is 3.87. The molecule has 0 saturated heterocycles. The average Bonchev–Trinajstić information content (AvgIpc) is 2.48. The summed E-state index contributed by atoms with van der Waals surface area (Å²) in [5, 5.41) is 0. The van der Waals surface area contributed by atoms with Gasteiger partial charge in [0.2, 0.25) is 0 Å². The van der Waals surface area contributed by atoms with Gasteiger partial charge >= 0.3 is 5.97 Å². The highest BCUT2D eigenvalue weighted by molar-refractivity contribution is 5.71. The molecule has 0 unspecified atom stereocenters. The first kappa shape index (κ1) is 14.6. The van der Waals surface area contributed by atoms with Crippen LogP contribution >= 0.6 is 0 Å². The molecule has 0 aliphatic heterocycles. The number of methoxy groups -OCH3 is 1. The molecule has 20 heavy (non-hydrogen) atoms. The van der Waals surface area contributed by atoms with Crippen LogP contribution in [0.15, 0.2) is 36.9 Å². The fourth-order valence-corrected chi connectivity index (χ4v) is 2.74. The predicted octanol–water partition coefficient (Wildman–Crippen LogP) is 3.84. The smallest absolute Gasteiger partial charge is 0.309 e. The number of esters is 1. The Morgan fingerprint density at radius 2 is 1.90 bits per heavy atom. The van der Waals surface area contributed by atoms with Crippen molar-refractivity contribution in [1.29, 1.82) is 0 Å². The number of hydrogen-bond donors (Lipinski definition) is 0. The van der Waals surface area contributed by atoms with E-state index in [4.69, 9.17) is 9.47 Å². The molecule has 0 amide bonds. The van der Waals surface area contributed by atoms with Crippen LogP contribution in [0.1, 0.15) is 43.6 Å². The van der Waals surface area contributed by atoms with Crippen LogP contribution in [0.3, 0.4) is 0 Å². The van der Waals surface area contributed by atoms with Crippen LogP contribution in [-0.2, 0) is 9.53 Å². The van der Waals surface area contributed by atoms with Crippen LogP contribution in [0, 0.1) is 0 Å². The van der Waals surface area contributed by atoms with Crippen molar-refractivity contribution in [2.75, 3.05) is 7.11 Å². The molecule has 0 heterocycles. The maximum Gasteiger partial charge on any atom is 0.309 e. The van der Waals surface area contributed by atoms with Gasteiger partial charge in [0, 0.05) is 0 Å². The van der Waals surface area contributed by atoms with Gasteiger partial charge in [0.15, 0.2) is 0 Å². The molecule has 1 aromatic carbocycles. The lowest BCUT2D eigenvalue weighted by Gasteiger charge is -2.28. The first-order valence-corrected chi connectivity index (χ1v) is 7.17. The Morgan fingerprint density at radius 1 is 1.25 bits per heavy atom. The fourth-order valence-electron chi connectivity index (χ4n) is 2.74. The van der Waals surface area contributed by atoms with Crippen LogP contribution in [0.25, 0.3) is 0 Å². The minimum Gasteiger partial charge on any atom is -0.497 e. The lowest BCUT2D eigenvalue weighted by Crippen LogP contribution is -2.23. The molecule has 0 aromatic heterocycles. The second-order valence-electron chi connectivity index (χ2n) is 5.23. The van der Waals surface area contributed by atoms with E-state index in [2.05, 4.69) is 18.7 Å². The Bertz CT molecular complexity index is 442. The lowest BCUT2D eigenvalue weighted by molar-refractivity contribution is -0.149. The highest BCUT2D eigenvalue weighted by Crippen LogP contribution is 2.34. The molecule has 1 saturated carbocycles. The van der Waals surface area contributed by atoms with Crippen molar-refractivity contribution in [2.45, 2.75) is 44.1 Å². The van der Waals surface area contributed by atoms with Crippen molar-refractivity contribution in [3.63, 3.8) is 0 Å². The monoisotopic (exact) mass is 274 g/mol. The van der Waals surface area contributed by atoms with Gasteiger partial charge in [0.1, 0.15) is 11.9 Å². The topological polar surface area (TPSA) is 35.5 Å². The van der Waals surface area contributed by atoms with E-state index in [1.54, 1.807) is 13.2 Å². The molecule has 0 bridgehead atoms. The van der Waals surface area contributed by atoms with Crippen LogP contribution in [0.2, 0.25) is 0 Å². The van der Waals surface area contributed by atoms with Crippen molar-refractivity contribution in [2.24, 2.45) is 0 Å². The fraction of sp³-hybridized carbons (Fsp3) is 0.471. The van der Waals surface area contributed by atoms with E-state index in [1.165, 1.54) is 5.56 Å². The second-order valence-corrected chi connectivity index (χ2v) is 5.23. The SMILES string of the molecule is C=CCC(=O)O[C@H]1CC[C@H](c2ccc(OC)cc2)CC1. The Labute approximate surface area is 120 Å². The summed E-state index contributed by atoms with van der Waals surface area (Å²) in [4.78, 5) is 11.4. The zero-order valence-corrected chi connectivity index (χ0v) is 12.0. The van der Waals surface area contributed by atoms with Crippen molar-refractivity contribution in [3.05, 3.63) is 42.5 Å². The zero-order valence-electron chi connectivity index (χ0n) is 12.0. The van der Waals surface area contributed by atoms with Gasteiger partial charge in [-0.25, -0.2) is 0 Å². The van der Waals surface area contributed by atoms with E-state index in [0.29, 0.717) is 12.3 Å². The predicted molar refractivity (Wildman–Crippen MR) is 78.9 cm³/mol. The van der Waals surface area contributed by atoms with Crippen LogP contribution in [0.5, 0.6) is 5.75 Å². The van der Waals surface area contributed by atoms with Crippen molar-refractivity contribution >= 4 is 5.97 Å². The number of carbonyl (C=O) groups is 1. The molecule has 0 spiro atoms. The van der Waals surface area contributed by atoms with Gasteiger partial charge < -0.3 is 9.47 Å². The Morgan fingerprint density at radius 3 is 2.45 bits per heavy atom. The number of ether oxygens (including phenoxy) is 2. The number of benzene rings is 1. The molecule has 0 atom stereocenters. The van der Waals surface area contributed by atoms with Crippen molar-refractivity contribution in [1.82, 2.24) is 0 Å². The molecular weight excluding hydrogens is 252 g/mol. The van der Waals surface area contributed by atoms with Gasteiger partial charge in [-0.2, -0.15) is 0 Å². The highest BCUT2D eigenvalue weighted by atomic mass is 16.5. The molecule has 1 aliphatic carbocycles. The molecule has 1 fully saturated rings. The minimum absolute atomic E-state index is 0.0805. The quantitative estimate of drug-likeness (QED) is 0.604. The summed E-state index contributed by atoms with van der Waals surface area (Å²) < 4.78 is 10.6. The maximum absolute atomic E-state index is 11.4. The number of hydrogen-bond acceptors (Lipinski definition) is 3. The minimum atomic E-state index is -0.159. The summed E-state index contributed by atoms with van der Waals surface area (Å²) in [6, 6.07) is 8.28. The number of carbonyl (C=O) groups excluding carboxylic acids is 1. The number of rotatable bonds is 5. The van der Waals surface area contributed by atoms with Crippen LogP contribution in [-0.4, -0.2) is 19.2 Å². The maximum atomic E-state index is 11.4. The summed E-state index contributed by atoms with van der Waals surface area (Å²) in [5.41, 5.74) is 1.35. The summed E-state index contributed by atoms with van der Waals surface area (Å²) in [5.74, 6) is 1.30. The van der Waals surface area contributed by atoms with Crippen LogP contribution in [0.4, 0.5) is 0 Å². The molecule has 108 valence electrons. The van der Waals surface area contributed by atoms with Gasteiger partial charge in [-0.05, 0) is 49.3 Å². The van der Waals surface area contributed by atoms with E-state index in [9.17, 15) is 4.79 Å². The Balaban J connectivity index is 1.84. The molecule has 3 nitrogen and oxygen atoms in total. The largest absolute Gasteiger partial charge is 0.497 e. The third-order valence-electron chi connectivity index (χ3n) is 3.87. The molecule has 1 aromatic rings. The summed E-state index contributed by atoms with van der Waals surface area (Å²) in [7, 11) is 1.68. The molecule has 0 radical (unpaired) electrons. The normalized spacial score (nSPS) is 22.1. The standard InChI is InChI=1S/C17H22O3/c1-3-4-17(18)20-16-11-7-14(8-12-16)13-5-9-15(19-2)10-6-13/h3,5-6,9-10,14,16H,1,4,7-8,11-12H2,2H3/t14-,16-. The Hall–Kier alpha value is -1.77. The zero-order chi connectivity index (χ0) is 14.4. The summed E-state index contributed by atoms with van der Waals surface area (Å²) >= 11 is 0. The lowest BCUT2D eigenvalue weighted by atomic mass is 9.83. The second kappa shape index (κ2) is 7.13. The van der Waals surface area contributed by atoms with Gasteiger partial charge in [-0.3, -0.25) is 4.79 Å². The van der Waals surface area contributed by atoms with E-state index < -0.39 is 0 Å². The molecule has 1 aliphatic rings. The Kier molecular flexibility index (Phi) is 5.22. The first-order valence-electron chi connectivity index (χ1n) is 7.17. The van der Waals surface area contributed by atoms with E-state index in [-0.39, 0.29) is 12.1 Å². The van der Waals surface area contributed by atoms with Crippen molar-refractivity contribution in [3.8, 4) is 5.75 Å². The third kappa shape index (κ3) is 3.86. The molecule has 3 heteroatoms. The summed E-state index contributed by atoms with van der Waals surface area (Å²) in [6.45, 7) is 3.55. The first-order chi connectivity index (χ1) is 9.72. The summed E-state index contributed by atoms with van der Waals surface area (Å²) in [6.07, 6.45) is 6.00. The molecule has 2 rings (SSSR count). The van der Waals surface area contributed by atoms with E-state index >= 15 is 0 Å². The van der Waals surface area contributed by atoms with Gasteiger partial charge in [0.25, 0.3) is 0 Å². The molecular formula is C17H22O3. The van der Waals surface area contributed by atoms with Crippen LogP contribution < -0.4 is 4.74 Å². The van der Waals surface area contributed by atoms with Gasteiger partial charge in [-0.15, -0.1) is 6.58 Å². The van der Waals surface area contributed by atoms with Crippen molar-refractivity contribution < 1.29 is 14.3 Å². The van der Waals surface area contributed by atoms with Gasteiger partial charge in [0.05, 0.1) is 13.5 Å².